The molecule has 1 amide bonds. The van der Waals surface area contributed by atoms with E-state index in [0.29, 0.717) is 5.69 Å². The first-order valence-electron chi connectivity index (χ1n) is 6.18. The van der Waals surface area contributed by atoms with Crippen LogP contribution in [-0.4, -0.2) is 25.0 Å². The minimum absolute atomic E-state index is 0.0222. The van der Waals surface area contributed by atoms with Gasteiger partial charge in [0, 0.05) is 18.5 Å². The van der Waals surface area contributed by atoms with Crippen LogP contribution in [0.3, 0.4) is 0 Å². The molecule has 18 heavy (non-hydrogen) atoms. The van der Waals surface area contributed by atoms with Gasteiger partial charge >= 0.3 is 0 Å². The summed E-state index contributed by atoms with van der Waals surface area (Å²) in [6.45, 7) is 4.00. The highest BCUT2D eigenvalue weighted by Gasteiger charge is 2.27. The van der Waals surface area contributed by atoms with E-state index in [2.05, 4.69) is 5.32 Å². The fourth-order valence-corrected chi connectivity index (χ4v) is 2.45. The third-order valence-electron chi connectivity index (χ3n) is 3.44. The molecule has 0 bridgehead atoms. The molecule has 2 N–H and O–H groups in total. The number of quaternary nitrogens is 1. The van der Waals surface area contributed by atoms with Crippen LogP contribution in [0.4, 0.5) is 10.1 Å². The second-order valence-corrected chi connectivity index (χ2v) is 5.11. The molecule has 1 heterocycles. The van der Waals surface area contributed by atoms with Crippen molar-refractivity contribution < 1.29 is 14.1 Å². The highest BCUT2D eigenvalue weighted by Crippen LogP contribution is 2.19. The van der Waals surface area contributed by atoms with Gasteiger partial charge in [-0.25, -0.2) is 4.39 Å². The van der Waals surface area contributed by atoms with Gasteiger partial charge in [0.1, 0.15) is 5.82 Å². The highest BCUT2D eigenvalue weighted by atomic mass is 35.5. The molecule has 1 aliphatic heterocycles. The second-order valence-electron chi connectivity index (χ2n) is 4.71. The number of carbonyl (C=O) groups excluding carboxylic acids is 1. The minimum Gasteiger partial charge on any atom is -0.325 e. The molecular weight excluding hydrogens is 255 g/mol. The number of amides is 1. The van der Waals surface area contributed by atoms with Gasteiger partial charge in [-0.3, -0.25) is 4.79 Å². The highest BCUT2D eigenvalue weighted by molar-refractivity contribution is 6.31. The summed E-state index contributed by atoms with van der Waals surface area (Å²) in [6, 6.07) is 4.12. The lowest BCUT2D eigenvalue weighted by atomic mass is 10.2. The summed E-state index contributed by atoms with van der Waals surface area (Å²) in [5.74, 6) is -0.526. The molecule has 98 valence electrons. The molecule has 5 heteroatoms. The monoisotopic (exact) mass is 271 g/mol. The van der Waals surface area contributed by atoms with Gasteiger partial charge in [0.05, 0.1) is 18.1 Å². The summed E-state index contributed by atoms with van der Waals surface area (Å²) in [7, 11) is 0. The maximum Gasteiger partial charge on any atom is 0.282 e. The quantitative estimate of drug-likeness (QED) is 0.858. The average molecular weight is 272 g/mol. The first kappa shape index (κ1) is 13.3. The Morgan fingerprint density at radius 3 is 2.72 bits per heavy atom. The molecular formula is C13H17ClFN2O+. The number of carbonyl (C=O) groups is 1. The molecule has 1 atom stereocenters. The zero-order valence-corrected chi connectivity index (χ0v) is 11.1. The average Bonchev–Trinajstić information content (AvgIpc) is 2.86. The van der Waals surface area contributed by atoms with E-state index in [1.54, 1.807) is 0 Å². The van der Waals surface area contributed by atoms with Crippen LogP contribution in [0.1, 0.15) is 19.8 Å². The van der Waals surface area contributed by atoms with Crippen LogP contribution in [0.2, 0.25) is 5.02 Å². The third kappa shape index (κ3) is 3.00. The van der Waals surface area contributed by atoms with E-state index in [0.717, 1.165) is 13.1 Å². The van der Waals surface area contributed by atoms with Gasteiger partial charge in [0.2, 0.25) is 0 Å². The van der Waals surface area contributed by atoms with Crippen LogP contribution in [0.5, 0.6) is 0 Å². The molecule has 0 aromatic heterocycles. The van der Waals surface area contributed by atoms with E-state index in [1.165, 1.54) is 35.9 Å². The van der Waals surface area contributed by atoms with Crippen LogP contribution < -0.4 is 10.2 Å². The molecule has 0 spiro atoms. The summed E-state index contributed by atoms with van der Waals surface area (Å²) >= 11 is 5.67. The van der Waals surface area contributed by atoms with Crippen molar-refractivity contribution in [2.24, 2.45) is 0 Å². The molecule has 0 aliphatic carbocycles. The van der Waals surface area contributed by atoms with Gasteiger partial charge in [-0.15, -0.1) is 0 Å². The Hall–Kier alpha value is -1.13. The summed E-state index contributed by atoms with van der Waals surface area (Å²) in [5, 5.41) is 2.80. The van der Waals surface area contributed by atoms with Crippen molar-refractivity contribution in [3.05, 3.63) is 29.0 Å². The molecule has 2 rings (SSSR count). The van der Waals surface area contributed by atoms with Crippen LogP contribution in [0.15, 0.2) is 18.2 Å². The van der Waals surface area contributed by atoms with E-state index >= 15 is 0 Å². The molecule has 0 saturated carbocycles. The second kappa shape index (κ2) is 5.67. The van der Waals surface area contributed by atoms with Gasteiger partial charge in [-0.2, -0.15) is 0 Å². The molecule has 1 aromatic carbocycles. The van der Waals surface area contributed by atoms with Crippen molar-refractivity contribution in [3.63, 3.8) is 0 Å². The summed E-state index contributed by atoms with van der Waals surface area (Å²) in [5.41, 5.74) is 0.539. The zero-order valence-electron chi connectivity index (χ0n) is 10.3. The number of hydrogen-bond donors (Lipinski definition) is 2. The van der Waals surface area contributed by atoms with Crippen LogP contribution >= 0.6 is 11.6 Å². The Kier molecular flexibility index (Phi) is 4.19. The smallest absolute Gasteiger partial charge is 0.282 e. The first-order chi connectivity index (χ1) is 8.58. The maximum atomic E-state index is 13.0. The fraction of sp³-hybridized carbons (Fsp3) is 0.462. The van der Waals surface area contributed by atoms with Gasteiger partial charge < -0.3 is 10.2 Å². The standard InChI is InChI=1S/C13H16ClFN2O/c1-9(17-6-2-3-7-17)13(18)16-10-4-5-12(15)11(14)8-10/h4-5,8-9H,2-3,6-7H2,1H3,(H,16,18)/p+1/t9-/m1/s1. The number of benzene rings is 1. The first-order valence-corrected chi connectivity index (χ1v) is 6.56. The van der Waals surface area contributed by atoms with Crippen molar-refractivity contribution in [1.82, 2.24) is 0 Å². The molecule has 1 aromatic rings. The number of likely N-dealkylation sites (tertiary alicyclic amines) is 1. The van der Waals surface area contributed by atoms with E-state index in [9.17, 15) is 9.18 Å². The molecule has 1 aliphatic rings. The van der Waals surface area contributed by atoms with Gasteiger partial charge in [-0.05, 0) is 25.1 Å². The third-order valence-corrected chi connectivity index (χ3v) is 3.73. The summed E-state index contributed by atoms with van der Waals surface area (Å²) < 4.78 is 13.0. The van der Waals surface area contributed by atoms with Crippen molar-refractivity contribution in [2.45, 2.75) is 25.8 Å². The van der Waals surface area contributed by atoms with E-state index in [1.807, 2.05) is 6.92 Å². The molecule has 1 fully saturated rings. The number of rotatable bonds is 3. The Morgan fingerprint density at radius 2 is 2.11 bits per heavy atom. The lowest BCUT2D eigenvalue weighted by Gasteiger charge is -2.20. The van der Waals surface area contributed by atoms with Crippen LogP contribution in [0.25, 0.3) is 0 Å². The predicted octanol–water partition coefficient (Wildman–Crippen LogP) is 1.48. The Balaban J connectivity index is 1.99. The van der Waals surface area contributed by atoms with E-state index in [4.69, 9.17) is 11.6 Å². The van der Waals surface area contributed by atoms with Gasteiger partial charge in [0.25, 0.3) is 5.91 Å². The number of nitrogens with one attached hydrogen (secondary N) is 2. The summed E-state index contributed by atoms with van der Waals surface area (Å²) in [4.78, 5) is 13.3. The zero-order chi connectivity index (χ0) is 13.1. The van der Waals surface area contributed by atoms with Crippen molar-refractivity contribution in [3.8, 4) is 0 Å². The molecule has 0 radical (unpaired) electrons. The Bertz CT molecular complexity index is 447. The number of hydrogen-bond acceptors (Lipinski definition) is 1. The SMILES string of the molecule is C[C@H](C(=O)Nc1ccc(F)c(Cl)c1)[NH+]1CCCC1. The van der Waals surface area contributed by atoms with Gasteiger partial charge in [0.15, 0.2) is 6.04 Å². The Morgan fingerprint density at radius 1 is 1.44 bits per heavy atom. The van der Waals surface area contributed by atoms with E-state index < -0.39 is 5.82 Å². The number of anilines is 1. The minimum atomic E-state index is -0.479. The largest absolute Gasteiger partial charge is 0.325 e. The topological polar surface area (TPSA) is 33.5 Å². The lowest BCUT2D eigenvalue weighted by molar-refractivity contribution is -0.901. The maximum absolute atomic E-state index is 13.0. The Labute approximate surface area is 111 Å². The van der Waals surface area contributed by atoms with Crippen molar-refractivity contribution >= 4 is 23.2 Å². The van der Waals surface area contributed by atoms with E-state index in [-0.39, 0.29) is 17.0 Å². The lowest BCUT2D eigenvalue weighted by Crippen LogP contribution is -3.14. The predicted molar refractivity (Wildman–Crippen MR) is 69.4 cm³/mol. The normalized spacial score (nSPS) is 17.7. The van der Waals surface area contributed by atoms with Crippen molar-refractivity contribution in [2.75, 3.05) is 18.4 Å². The van der Waals surface area contributed by atoms with Crippen LogP contribution in [-0.2, 0) is 4.79 Å². The molecule has 0 unspecified atom stereocenters. The molecule has 3 nitrogen and oxygen atoms in total. The fourth-order valence-electron chi connectivity index (χ4n) is 2.27. The molecule has 1 saturated heterocycles. The van der Waals surface area contributed by atoms with Crippen LogP contribution in [0, 0.1) is 5.82 Å². The summed E-state index contributed by atoms with van der Waals surface area (Å²) in [6.07, 6.45) is 2.35. The number of halogens is 2. The van der Waals surface area contributed by atoms with Gasteiger partial charge in [-0.1, -0.05) is 11.6 Å². The van der Waals surface area contributed by atoms with Crippen molar-refractivity contribution in [1.29, 1.82) is 0 Å².